The van der Waals surface area contributed by atoms with Crippen molar-refractivity contribution in [3.63, 3.8) is 0 Å². The van der Waals surface area contributed by atoms with Gasteiger partial charge in [-0.25, -0.2) is 14.1 Å². The topological polar surface area (TPSA) is 72.7 Å². The lowest BCUT2D eigenvalue weighted by molar-refractivity contribution is 0.0932. The molecule has 144 valence electrons. The summed E-state index contributed by atoms with van der Waals surface area (Å²) in [5, 5.41) is 7.27. The van der Waals surface area contributed by atoms with Gasteiger partial charge in [0.1, 0.15) is 11.6 Å². The molecule has 0 fully saturated rings. The Morgan fingerprint density at radius 3 is 2.41 bits per heavy atom. The Morgan fingerprint density at radius 1 is 1.00 bits per heavy atom. The monoisotopic (exact) mass is 387 g/mol. The third kappa shape index (κ3) is 4.03. The number of aryl methyl sites for hydroxylation is 1. The van der Waals surface area contributed by atoms with Crippen molar-refractivity contribution < 1.29 is 9.18 Å². The highest BCUT2D eigenvalue weighted by molar-refractivity contribution is 5.91. The standard InChI is InChI=1S/C22H18FN5O/c1-15-25-21(27-28(15)18-12-10-17(23)11-13-18)22(29)26-20(16-7-3-2-4-8-16)19-9-5-6-14-24-19/h2-14,20H,1H3,(H,26,29). The molecule has 0 aliphatic rings. The third-order valence-electron chi connectivity index (χ3n) is 4.44. The van der Waals surface area contributed by atoms with E-state index in [1.165, 1.54) is 16.8 Å². The minimum atomic E-state index is -0.442. The summed E-state index contributed by atoms with van der Waals surface area (Å²) in [6.45, 7) is 1.74. The predicted molar refractivity (Wildman–Crippen MR) is 106 cm³/mol. The van der Waals surface area contributed by atoms with Gasteiger partial charge in [0.2, 0.25) is 5.82 Å². The van der Waals surface area contributed by atoms with Crippen molar-refractivity contribution in [2.75, 3.05) is 0 Å². The Labute approximate surface area is 167 Å². The molecule has 1 atom stereocenters. The van der Waals surface area contributed by atoms with E-state index in [9.17, 15) is 9.18 Å². The first kappa shape index (κ1) is 18.5. The van der Waals surface area contributed by atoms with E-state index in [1.807, 2.05) is 48.5 Å². The first-order valence-corrected chi connectivity index (χ1v) is 9.08. The van der Waals surface area contributed by atoms with Gasteiger partial charge in [-0.3, -0.25) is 9.78 Å². The van der Waals surface area contributed by atoms with Crippen LogP contribution >= 0.6 is 0 Å². The molecule has 1 unspecified atom stereocenters. The second-order valence-electron chi connectivity index (χ2n) is 6.44. The zero-order chi connectivity index (χ0) is 20.2. The average molecular weight is 387 g/mol. The molecule has 1 amide bonds. The molecule has 2 aromatic heterocycles. The highest BCUT2D eigenvalue weighted by atomic mass is 19.1. The molecule has 4 aromatic rings. The summed E-state index contributed by atoms with van der Waals surface area (Å²) in [6, 6.07) is 20.5. The maximum atomic E-state index is 13.2. The number of amides is 1. The highest BCUT2D eigenvalue weighted by Crippen LogP contribution is 2.20. The second kappa shape index (κ2) is 8.02. The zero-order valence-electron chi connectivity index (χ0n) is 15.7. The molecule has 4 rings (SSSR count). The van der Waals surface area contributed by atoms with E-state index in [2.05, 4.69) is 20.4 Å². The van der Waals surface area contributed by atoms with Gasteiger partial charge in [0, 0.05) is 6.20 Å². The summed E-state index contributed by atoms with van der Waals surface area (Å²) in [7, 11) is 0. The third-order valence-corrected chi connectivity index (χ3v) is 4.44. The normalized spacial score (nSPS) is 11.8. The number of aromatic nitrogens is 4. The Bertz CT molecular complexity index is 1070. The van der Waals surface area contributed by atoms with E-state index in [-0.39, 0.29) is 11.6 Å². The fraction of sp³-hybridized carbons (Fsp3) is 0.0909. The van der Waals surface area contributed by atoms with Crippen molar-refractivity contribution >= 4 is 5.91 Å². The molecular formula is C22H18FN5O. The van der Waals surface area contributed by atoms with Crippen LogP contribution in [0.4, 0.5) is 4.39 Å². The Hall–Kier alpha value is -3.87. The molecule has 2 aromatic carbocycles. The fourth-order valence-corrected chi connectivity index (χ4v) is 3.03. The van der Waals surface area contributed by atoms with E-state index >= 15 is 0 Å². The second-order valence-corrected chi connectivity index (χ2v) is 6.44. The molecule has 0 spiro atoms. The van der Waals surface area contributed by atoms with E-state index in [1.54, 1.807) is 25.3 Å². The van der Waals surface area contributed by atoms with Crippen molar-refractivity contribution in [2.45, 2.75) is 13.0 Å². The number of halogens is 1. The van der Waals surface area contributed by atoms with Crippen LogP contribution in [-0.4, -0.2) is 25.7 Å². The Balaban J connectivity index is 1.63. The SMILES string of the molecule is Cc1nc(C(=O)NC(c2ccccc2)c2ccccn2)nn1-c1ccc(F)cc1. The van der Waals surface area contributed by atoms with Crippen LogP contribution in [0.1, 0.15) is 33.7 Å². The van der Waals surface area contributed by atoms with Crippen LogP contribution in [0.5, 0.6) is 0 Å². The number of carbonyl (C=O) groups is 1. The average Bonchev–Trinajstić information content (AvgIpc) is 3.15. The van der Waals surface area contributed by atoms with E-state index in [4.69, 9.17) is 0 Å². The first-order chi connectivity index (χ1) is 14.1. The molecule has 2 heterocycles. The summed E-state index contributed by atoms with van der Waals surface area (Å²) in [6.07, 6.45) is 1.68. The molecule has 0 saturated carbocycles. The van der Waals surface area contributed by atoms with E-state index in [0.717, 1.165) is 5.56 Å². The van der Waals surface area contributed by atoms with Crippen molar-refractivity contribution in [3.8, 4) is 5.69 Å². The van der Waals surface area contributed by atoms with Crippen LogP contribution in [0.2, 0.25) is 0 Å². The number of benzene rings is 2. The number of hydrogen-bond acceptors (Lipinski definition) is 4. The lowest BCUT2D eigenvalue weighted by Crippen LogP contribution is -2.30. The van der Waals surface area contributed by atoms with Gasteiger partial charge in [0.15, 0.2) is 0 Å². The zero-order valence-corrected chi connectivity index (χ0v) is 15.7. The maximum Gasteiger partial charge on any atom is 0.291 e. The summed E-state index contributed by atoms with van der Waals surface area (Å²) in [5.74, 6) is -0.210. The Morgan fingerprint density at radius 2 is 1.72 bits per heavy atom. The van der Waals surface area contributed by atoms with Crippen LogP contribution in [0.3, 0.4) is 0 Å². The smallest absolute Gasteiger partial charge is 0.291 e. The van der Waals surface area contributed by atoms with Gasteiger partial charge in [-0.2, -0.15) is 0 Å². The molecule has 0 saturated heterocycles. The summed E-state index contributed by atoms with van der Waals surface area (Å²) >= 11 is 0. The molecule has 0 bridgehead atoms. The lowest BCUT2D eigenvalue weighted by Gasteiger charge is -2.18. The number of carbonyl (C=O) groups excluding carboxylic acids is 1. The highest BCUT2D eigenvalue weighted by Gasteiger charge is 2.22. The van der Waals surface area contributed by atoms with Crippen molar-refractivity contribution in [3.05, 3.63) is 108 Å². The largest absolute Gasteiger partial charge is 0.337 e. The molecule has 1 N–H and O–H groups in total. The van der Waals surface area contributed by atoms with Crippen LogP contribution in [0.15, 0.2) is 79.0 Å². The number of nitrogens with zero attached hydrogens (tertiary/aromatic N) is 4. The molecule has 6 nitrogen and oxygen atoms in total. The van der Waals surface area contributed by atoms with Gasteiger partial charge in [0.05, 0.1) is 17.4 Å². The quantitative estimate of drug-likeness (QED) is 0.568. The molecule has 7 heteroatoms. The van der Waals surface area contributed by atoms with Crippen LogP contribution in [-0.2, 0) is 0 Å². The van der Waals surface area contributed by atoms with Crippen molar-refractivity contribution in [2.24, 2.45) is 0 Å². The van der Waals surface area contributed by atoms with Gasteiger partial charge in [0.25, 0.3) is 5.91 Å². The van der Waals surface area contributed by atoms with Gasteiger partial charge >= 0.3 is 0 Å². The predicted octanol–water partition coefficient (Wildman–Crippen LogP) is 3.63. The lowest BCUT2D eigenvalue weighted by atomic mass is 10.0. The molecular weight excluding hydrogens is 369 g/mol. The van der Waals surface area contributed by atoms with Gasteiger partial charge < -0.3 is 5.32 Å². The van der Waals surface area contributed by atoms with Crippen LogP contribution < -0.4 is 5.32 Å². The number of rotatable bonds is 5. The molecule has 0 aliphatic heterocycles. The van der Waals surface area contributed by atoms with Crippen molar-refractivity contribution in [1.29, 1.82) is 0 Å². The van der Waals surface area contributed by atoms with Gasteiger partial charge in [-0.1, -0.05) is 36.4 Å². The molecule has 29 heavy (non-hydrogen) atoms. The van der Waals surface area contributed by atoms with Crippen molar-refractivity contribution in [1.82, 2.24) is 25.1 Å². The molecule has 0 radical (unpaired) electrons. The van der Waals surface area contributed by atoms with Gasteiger partial charge in [-0.05, 0) is 48.9 Å². The number of pyridine rings is 1. The van der Waals surface area contributed by atoms with E-state index in [0.29, 0.717) is 17.2 Å². The first-order valence-electron chi connectivity index (χ1n) is 9.08. The maximum absolute atomic E-state index is 13.2. The van der Waals surface area contributed by atoms with Crippen LogP contribution in [0, 0.1) is 12.7 Å². The minimum Gasteiger partial charge on any atom is -0.337 e. The fourth-order valence-electron chi connectivity index (χ4n) is 3.03. The van der Waals surface area contributed by atoms with E-state index < -0.39 is 11.9 Å². The molecule has 0 aliphatic carbocycles. The van der Waals surface area contributed by atoms with Gasteiger partial charge in [-0.15, -0.1) is 5.10 Å². The summed E-state index contributed by atoms with van der Waals surface area (Å²) < 4.78 is 14.7. The summed E-state index contributed by atoms with van der Waals surface area (Å²) in [4.78, 5) is 21.6. The minimum absolute atomic E-state index is 0.0312. The number of nitrogens with one attached hydrogen (secondary N) is 1. The van der Waals surface area contributed by atoms with Crippen LogP contribution in [0.25, 0.3) is 5.69 Å². The Kier molecular flexibility index (Phi) is 5.11. The number of hydrogen-bond donors (Lipinski definition) is 1. The summed E-state index contributed by atoms with van der Waals surface area (Å²) in [5.41, 5.74) is 2.23.